The van der Waals surface area contributed by atoms with E-state index in [9.17, 15) is 0 Å². The maximum Gasteiger partial charge on any atom is 0.156 e. The van der Waals surface area contributed by atoms with Gasteiger partial charge in [0.25, 0.3) is 0 Å². The second-order valence-corrected chi connectivity index (χ2v) is 8.28. The first-order valence-electron chi connectivity index (χ1n) is 7.88. The summed E-state index contributed by atoms with van der Waals surface area (Å²) in [6.45, 7) is 13.6. The number of hydrogen-bond acceptors (Lipinski definition) is 3. The molecule has 1 heterocycles. The van der Waals surface area contributed by atoms with E-state index in [1.54, 1.807) is 0 Å². The van der Waals surface area contributed by atoms with Crippen molar-refractivity contribution in [2.24, 2.45) is 16.3 Å². The highest BCUT2D eigenvalue weighted by atomic mass is 32.2. The Morgan fingerprint density at radius 2 is 2.11 bits per heavy atom. The highest BCUT2D eigenvalue weighted by molar-refractivity contribution is 8.14. The molecule has 112 valence electrons. The van der Waals surface area contributed by atoms with Crippen molar-refractivity contribution in [2.45, 2.75) is 72.0 Å². The Morgan fingerprint density at radius 3 is 2.74 bits per heavy atom. The Kier molecular flexibility index (Phi) is 7.27. The first-order chi connectivity index (χ1) is 8.93. The number of unbranched alkanes of at least 4 members (excludes halogenated alkanes) is 2. The molecule has 1 aliphatic rings. The molecule has 2 nitrogen and oxygen atoms in total. The number of aliphatic imine (C=N–C) groups is 1. The van der Waals surface area contributed by atoms with Crippen LogP contribution in [0.5, 0.6) is 0 Å². The van der Waals surface area contributed by atoms with E-state index in [0.29, 0.717) is 10.7 Å². The second-order valence-electron chi connectivity index (χ2n) is 6.99. The SMILES string of the molecule is CCCCCC(C)(C)CNC1=NCC(CC(C)C)S1. The monoisotopic (exact) mass is 284 g/mol. The van der Waals surface area contributed by atoms with E-state index in [0.717, 1.165) is 19.0 Å². The third kappa shape index (κ3) is 7.24. The maximum absolute atomic E-state index is 4.64. The molecule has 0 saturated carbocycles. The topological polar surface area (TPSA) is 24.4 Å². The van der Waals surface area contributed by atoms with Crippen LogP contribution in [0.15, 0.2) is 4.99 Å². The summed E-state index contributed by atoms with van der Waals surface area (Å²) in [7, 11) is 0. The Labute approximate surface area is 124 Å². The summed E-state index contributed by atoms with van der Waals surface area (Å²) in [5, 5.41) is 5.44. The van der Waals surface area contributed by atoms with Gasteiger partial charge in [0.05, 0.1) is 6.54 Å². The van der Waals surface area contributed by atoms with Crippen molar-refractivity contribution in [3.05, 3.63) is 0 Å². The fourth-order valence-corrected chi connectivity index (χ4v) is 3.67. The van der Waals surface area contributed by atoms with Crippen LogP contribution in [0.25, 0.3) is 0 Å². The number of rotatable bonds is 8. The minimum Gasteiger partial charge on any atom is -0.364 e. The minimum atomic E-state index is 0.383. The van der Waals surface area contributed by atoms with Crippen LogP contribution in [0.3, 0.4) is 0 Å². The molecule has 3 heteroatoms. The molecule has 19 heavy (non-hydrogen) atoms. The normalized spacial score (nSPS) is 19.9. The van der Waals surface area contributed by atoms with Gasteiger partial charge in [0.2, 0.25) is 0 Å². The summed E-state index contributed by atoms with van der Waals surface area (Å²) < 4.78 is 0. The predicted molar refractivity (Wildman–Crippen MR) is 89.1 cm³/mol. The van der Waals surface area contributed by atoms with Crippen molar-refractivity contribution in [1.82, 2.24) is 5.32 Å². The molecule has 1 unspecified atom stereocenters. The van der Waals surface area contributed by atoms with Crippen LogP contribution in [0.1, 0.15) is 66.7 Å². The molecule has 0 saturated heterocycles. The third-order valence-corrected chi connectivity index (χ3v) is 4.80. The average molecular weight is 285 g/mol. The molecule has 0 radical (unpaired) electrons. The summed E-state index contributed by atoms with van der Waals surface area (Å²) >= 11 is 1.95. The molecule has 0 aromatic rings. The molecule has 1 rings (SSSR count). The Balaban J connectivity index is 2.22. The van der Waals surface area contributed by atoms with Crippen LogP contribution >= 0.6 is 11.8 Å². The average Bonchev–Trinajstić information content (AvgIpc) is 2.74. The number of hydrogen-bond donors (Lipinski definition) is 1. The van der Waals surface area contributed by atoms with Crippen LogP contribution in [-0.4, -0.2) is 23.5 Å². The number of amidine groups is 1. The Hall–Kier alpha value is -0.180. The lowest BCUT2D eigenvalue weighted by molar-refractivity contribution is 0.320. The molecular formula is C16H32N2S. The Morgan fingerprint density at radius 1 is 1.37 bits per heavy atom. The van der Waals surface area contributed by atoms with E-state index in [4.69, 9.17) is 0 Å². The van der Waals surface area contributed by atoms with Crippen LogP contribution in [-0.2, 0) is 0 Å². The van der Waals surface area contributed by atoms with E-state index >= 15 is 0 Å². The van der Waals surface area contributed by atoms with Gasteiger partial charge in [-0.1, -0.05) is 65.6 Å². The van der Waals surface area contributed by atoms with E-state index in [1.807, 2.05) is 11.8 Å². The molecular weight excluding hydrogens is 252 g/mol. The van der Waals surface area contributed by atoms with Crippen molar-refractivity contribution >= 4 is 16.9 Å². The van der Waals surface area contributed by atoms with Crippen molar-refractivity contribution in [1.29, 1.82) is 0 Å². The molecule has 1 aliphatic heterocycles. The van der Waals surface area contributed by atoms with Gasteiger partial charge in [-0.25, -0.2) is 0 Å². The highest BCUT2D eigenvalue weighted by Gasteiger charge is 2.23. The fourth-order valence-electron chi connectivity index (χ4n) is 2.42. The van der Waals surface area contributed by atoms with Gasteiger partial charge in [0, 0.05) is 11.8 Å². The van der Waals surface area contributed by atoms with Crippen molar-refractivity contribution in [3.63, 3.8) is 0 Å². The standard InChI is InChI=1S/C16H32N2S/c1-6-7-8-9-16(4,5)12-18-15-17-11-14(19-15)10-13(2)3/h13-14H,6-12H2,1-5H3,(H,17,18). The summed E-state index contributed by atoms with van der Waals surface area (Å²) in [4.78, 5) is 4.64. The van der Waals surface area contributed by atoms with Crippen LogP contribution in [0.2, 0.25) is 0 Å². The van der Waals surface area contributed by atoms with E-state index in [-0.39, 0.29) is 0 Å². The van der Waals surface area contributed by atoms with Gasteiger partial charge in [0.15, 0.2) is 5.17 Å². The fraction of sp³-hybridized carbons (Fsp3) is 0.938. The van der Waals surface area contributed by atoms with Gasteiger partial charge in [-0.15, -0.1) is 0 Å². The van der Waals surface area contributed by atoms with Gasteiger partial charge >= 0.3 is 0 Å². The first kappa shape index (κ1) is 16.9. The van der Waals surface area contributed by atoms with Gasteiger partial charge in [-0.05, 0) is 24.2 Å². The highest BCUT2D eigenvalue weighted by Crippen LogP contribution is 2.27. The maximum atomic E-state index is 4.64. The lowest BCUT2D eigenvalue weighted by atomic mass is 9.87. The lowest BCUT2D eigenvalue weighted by Crippen LogP contribution is -2.32. The third-order valence-electron chi connectivity index (χ3n) is 3.63. The van der Waals surface area contributed by atoms with Crippen molar-refractivity contribution in [2.75, 3.05) is 13.1 Å². The second kappa shape index (κ2) is 8.18. The molecule has 0 fully saturated rings. The zero-order chi connectivity index (χ0) is 14.3. The van der Waals surface area contributed by atoms with Crippen molar-refractivity contribution < 1.29 is 0 Å². The van der Waals surface area contributed by atoms with Crippen LogP contribution in [0.4, 0.5) is 0 Å². The summed E-state index contributed by atoms with van der Waals surface area (Å²) in [6, 6.07) is 0. The molecule has 0 spiro atoms. The van der Waals surface area contributed by atoms with Gasteiger partial charge in [-0.2, -0.15) is 0 Å². The zero-order valence-electron chi connectivity index (χ0n) is 13.5. The quantitative estimate of drug-likeness (QED) is 0.653. The van der Waals surface area contributed by atoms with E-state index in [1.165, 1.54) is 37.3 Å². The Bertz CT molecular complexity index is 284. The molecule has 0 amide bonds. The first-order valence-corrected chi connectivity index (χ1v) is 8.76. The number of nitrogens with one attached hydrogen (secondary N) is 1. The number of nitrogens with zero attached hydrogens (tertiary/aromatic N) is 1. The molecule has 0 aromatic heterocycles. The molecule has 0 aromatic carbocycles. The molecule has 0 aliphatic carbocycles. The van der Waals surface area contributed by atoms with Crippen molar-refractivity contribution in [3.8, 4) is 0 Å². The van der Waals surface area contributed by atoms with Gasteiger partial charge in [0.1, 0.15) is 0 Å². The summed E-state index contributed by atoms with van der Waals surface area (Å²) in [6.07, 6.45) is 6.60. The number of thioether (sulfide) groups is 1. The molecule has 1 atom stereocenters. The van der Waals surface area contributed by atoms with Crippen LogP contribution < -0.4 is 5.32 Å². The summed E-state index contributed by atoms with van der Waals surface area (Å²) in [5.41, 5.74) is 0.383. The predicted octanol–water partition coefficient (Wildman–Crippen LogP) is 4.70. The smallest absolute Gasteiger partial charge is 0.156 e. The molecule has 1 N–H and O–H groups in total. The minimum absolute atomic E-state index is 0.383. The molecule has 0 bridgehead atoms. The van der Waals surface area contributed by atoms with Gasteiger partial charge < -0.3 is 5.32 Å². The van der Waals surface area contributed by atoms with E-state index in [2.05, 4.69) is 44.9 Å². The largest absolute Gasteiger partial charge is 0.364 e. The van der Waals surface area contributed by atoms with E-state index < -0.39 is 0 Å². The van der Waals surface area contributed by atoms with Crippen LogP contribution in [0, 0.1) is 11.3 Å². The summed E-state index contributed by atoms with van der Waals surface area (Å²) in [5.74, 6) is 0.775. The lowest BCUT2D eigenvalue weighted by Gasteiger charge is -2.25. The zero-order valence-corrected chi connectivity index (χ0v) is 14.3. The van der Waals surface area contributed by atoms with Gasteiger partial charge in [-0.3, -0.25) is 4.99 Å².